The number of ether oxygens (including phenoxy) is 2. The van der Waals surface area contributed by atoms with E-state index in [0.29, 0.717) is 19.4 Å². The van der Waals surface area contributed by atoms with E-state index in [1.165, 1.54) is 116 Å². The lowest BCUT2D eigenvalue weighted by atomic mass is 10.0. The van der Waals surface area contributed by atoms with Crippen molar-refractivity contribution in [3.8, 4) is 0 Å². The molecule has 0 aliphatic carbocycles. The number of carbonyl (C=O) groups is 1. The monoisotopic (exact) mass is 808 g/mol. The lowest BCUT2D eigenvalue weighted by Gasteiger charge is -2.19. The molecule has 9 heteroatoms. The fraction of sp³-hybridized carbons (Fsp3) is 0.766. The molecule has 2 unspecified atom stereocenters. The van der Waals surface area contributed by atoms with E-state index >= 15 is 0 Å². The van der Waals surface area contributed by atoms with Crippen molar-refractivity contribution in [2.24, 2.45) is 5.73 Å². The van der Waals surface area contributed by atoms with Gasteiger partial charge in [-0.3, -0.25) is 13.8 Å². The van der Waals surface area contributed by atoms with Gasteiger partial charge >= 0.3 is 13.8 Å². The Balaban J connectivity index is 4.06. The molecule has 0 heterocycles. The van der Waals surface area contributed by atoms with Gasteiger partial charge in [-0.25, -0.2) is 4.57 Å². The first-order valence-electron chi connectivity index (χ1n) is 22.8. The second kappa shape index (κ2) is 44.3. The third kappa shape index (κ3) is 43.3. The van der Waals surface area contributed by atoms with Gasteiger partial charge in [-0.05, 0) is 44.9 Å². The topological polar surface area (TPSA) is 117 Å². The molecule has 0 spiro atoms. The van der Waals surface area contributed by atoms with Gasteiger partial charge in [0.2, 0.25) is 0 Å². The summed E-state index contributed by atoms with van der Waals surface area (Å²) in [6.07, 6.45) is 54.2. The smallest absolute Gasteiger partial charge is 0.457 e. The molecule has 0 aromatic rings. The van der Waals surface area contributed by atoms with Crippen molar-refractivity contribution >= 4 is 13.8 Å². The molecule has 0 bridgehead atoms. The zero-order chi connectivity index (χ0) is 40.9. The van der Waals surface area contributed by atoms with Crippen LogP contribution in [0.25, 0.3) is 0 Å². The quantitative estimate of drug-likeness (QED) is 0.0271. The SMILES string of the molecule is CC/C=C\C/C=C\C/C=C\C/C=C\C/C=C\CCOCC(COP(=O)(O)OCCN)OC(=O)CCCCCCCCCCCCCCCCCCCCCCC. The number of hydrogen-bond acceptors (Lipinski definition) is 7. The maximum atomic E-state index is 12.6. The van der Waals surface area contributed by atoms with Crippen LogP contribution in [0.15, 0.2) is 60.8 Å². The molecular weight excluding hydrogens is 721 g/mol. The summed E-state index contributed by atoms with van der Waals surface area (Å²) in [4.78, 5) is 22.5. The minimum atomic E-state index is -4.30. The summed E-state index contributed by atoms with van der Waals surface area (Å²) < 4.78 is 33.3. The van der Waals surface area contributed by atoms with Crippen LogP contribution >= 0.6 is 7.82 Å². The molecule has 56 heavy (non-hydrogen) atoms. The highest BCUT2D eigenvalue weighted by molar-refractivity contribution is 7.47. The molecular formula is C47H86NO7P. The molecule has 0 fully saturated rings. The number of phosphoric acid groups is 1. The average molecular weight is 808 g/mol. The second-order valence-electron chi connectivity index (χ2n) is 14.9. The van der Waals surface area contributed by atoms with Crippen molar-refractivity contribution in [3.05, 3.63) is 60.8 Å². The first kappa shape index (κ1) is 54.2. The molecule has 3 N–H and O–H groups in total. The first-order valence-corrected chi connectivity index (χ1v) is 24.3. The Labute approximate surface area is 344 Å². The lowest BCUT2D eigenvalue weighted by molar-refractivity contribution is -0.154. The molecule has 0 aliphatic rings. The van der Waals surface area contributed by atoms with Crippen LogP contribution in [0.1, 0.15) is 194 Å². The minimum Gasteiger partial charge on any atom is -0.457 e. The van der Waals surface area contributed by atoms with Crippen molar-refractivity contribution in [1.29, 1.82) is 0 Å². The number of allylic oxidation sites excluding steroid dienone is 9. The van der Waals surface area contributed by atoms with Crippen LogP contribution in [0.5, 0.6) is 0 Å². The van der Waals surface area contributed by atoms with E-state index in [0.717, 1.165) is 51.4 Å². The van der Waals surface area contributed by atoms with Gasteiger partial charge in [-0.2, -0.15) is 0 Å². The number of unbranched alkanes of at least 4 members (excludes halogenated alkanes) is 20. The summed E-state index contributed by atoms with van der Waals surface area (Å²) in [5, 5.41) is 0. The van der Waals surface area contributed by atoms with Crippen LogP contribution in [0.2, 0.25) is 0 Å². The summed E-state index contributed by atoms with van der Waals surface area (Å²) in [7, 11) is -4.30. The third-order valence-electron chi connectivity index (χ3n) is 9.47. The highest BCUT2D eigenvalue weighted by Gasteiger charge is 2.25. The molecule has 0 saturated carbocycles. The van der Waals surface area contributed by atoms with E-state index in [4.69, 9.17) is 24.3 Å². The van der Waals surface area contributed by atoms with Crippen molar-refractivity contribution in [2.75, 3.05) is 33.0 Å². The van der Waals surface area contributed by atoms with Crippen molar-refractivity contribution in [2.45, 2.75) is 200 Å². The van der Waals surface area contributed by atoms with Crippen molar-refractivity contribution in [1.82, 2.24) is 0 Å². The average Bonchev–Trinajstić information content (AvgIpc) is 3.19. The summed E-state index contributed by atoms with van der Waals surface area (Å²) in [6.45, 7) is 4.59. The van der Waals surface area contributed by atoms with E-state index in [1.807, 2.05) is 0 Å². The summed E-state index contributed by atoms with van der Waals surface area (Å²) in [5.74, 6) is -0.353. The second-order valence-corrected chi connectivity index (χ2v) is 16.3. The van der Waals surface area contributed by atoms with E-state index in [1.54, 1.807) is 0 Å². The van der Waals surface area contributed by atoms with Gasteiger partial charge in [0.05, 0.1) is 26.4 Å². The van der Waals surface area contributed by atoms with E-state index in [-0.39, 0.29) is 32.3 Å². The van der Waals surface area contributed by atoms with Crippen LogP contribution in [0, 0.1) is 0 Å². The summed E-state index contributed by atoms with van der Waals surface area (Å²) in [6, 6.07) is 0. The molecule has 0 aromatic heterocycles. The molecule has 0 saturated heterocycles. The third-order valence-corrected chi connectivity index (χ3v) is 10.5. The Bertz CT molecular complexity index is 1040. The zero-order valence-corrected chi connectivity index (χ0v) is 37.0. The van der Waals surface area contributed by atoms with Gasteiger partial charge in [0.15, 0.2) is 0 Å². The fourth-order valence-corrected chi connectivity index (χ4v) is 6.95. The highest BCUT2D eigenvalue weighted by atomic mass is 31.2. The maximum Gasteiger partial charge on any atom is 0.472 e. The predicted octanol–water partition coefficient (Wildman–Crippen LogP) is 13.8. The molecule has 0 amide bonds. The number of phosphoric ester groups is 1. The largest absolute Gasteiger partial charge is 0.472 e. The highest BCUT2D eigenvalue weighted by Crippen LogP contribution is 2.43. The van der Waals surface area contributed by atoms with E-state index in [2.05, 4.69) is 74.6 Å². The van der Waals surface area contributed by atoms with Gasteiger partial charge in [0, 0.05) is 13.0 Å². The van der Waals surface area contributed by atoms with Gasteiger partial charge in [0.1, 0.15) is 6.10 Å². The van der Waals surface area contributed by atoms with Gasteiger partial charge in [-0.1, -0.05) is 203 Å². The fourth-order valence-electron chi connectivity index (χ4n) is 6.18. The number of nitrogens with two attached hydrogens (primary N) is 1. The number of esters is 1. The number of hydrogen-bond donors (Lipinski definition) is 2. The van der Waals surface area contributed by atoms with Crippen molar-refractivity contribution in [3.63, 3.8) is 0 Å². The van der Waals surface area contributed by atoms with Crippen molar-refractivity contribution < 1.29 is 32.8 Å². The Morgan fingerprint density at radius 3 is 1.39 bits per heavy atom. The Morgan fingerprint density at radius 1 is 0.554 bits per heavy atom. The standard InChI is InChI=1S/C47H86NO7P/c1-3-5-7-9-11-13-15-17-19-21-22-23-24-25-26-28-30-32-34-36-38-40-47(49)55-46(45-54-56(50,51)53-43-41-48)44-52-42-39-37-35-33-31-29-27-20-18-16-14-12-10-8-6-4-2/h6,8,12,14,18,20,29,31,35,37,46H,3-5,7,9-11,13,15-17,19,21-28,30,32-34,36,38-45,48H2,1-2H3,(H,50,51)/b8-6-,14-12-,20-18-,31-29-,37-35-. The minimum absolute atomic E-state index is 0.0621. The molecule has 0 rings (SSSR count). The summed E-state index contributed by atoms with van der Waals surface area (Å²) in [5.41, 5.74) is 5.37. The molecule has 2 atom stereocenters. The van der Waals surface area contributed by atoms with Gasteiger partial charge in [-0.15, -0.1) is 0 Å². The van der Waals surface area contributed by atoms with Crippen LogP contribution in [-0.4, -0.2) is 49.9 Å². The molecule has 326 valence electrons. The van der Waals surface area contributed by atoms with Crippen LogP contribution < -0.4 is 5.73 Å². The van der Waals surface area contributed by atoms with E-state index in [9.17, 15) is 14.3 Å². The number of carbonyl (C=O) groups excluding carboxylic acids is 1. The maximum absolute atomic E-state index is 12.6. The zero-order valence-electron chi connectivity index (χ0n) is 36.1. The first-order chi connectivity index (χ1) is 27.4. The summed E-state index contributed by atoms with van der Waals surface area (Å²) >= 11 is 0. The molecule has 0 aromatic carbocycles. The van der Waals surface area contributed by atoms with Crippen LogP contribution in [0.3, 0.4) is 0 Å². The Hall–Kier alpha value is -1.80. The lowest BCUT2D eigenvalue weighted by Crippen LogP contribution is -2.28. The van der Waals surface area contributed by atoms with Crippen LogP contribution in [0.4, 0.5) is 0 Å². The van der Waals surface area contributed by atoms with E-state index < -0.39 is 13.9 Å². The Kier molecular flexibility index (Phi) is 42.9. The normalized spacial score (nSPS) is 14.0. The molecule has 8 nitrogen and oxygen atoms in total. The molecule has 0 aliphatic heterocycles. The van der Waals surface area contributed by atoms with Crippen LogP contribution in [-0.2, 0) is 27.9 Å². The van der Waals surface area contributed by atoms with Gasteiger partial charge in [0.25, 0.3) is 0 Å². The van der Waals surface area contributed by atoms with Gasteiger partial charge < -0.3 is 20.1 Å². The Morgan fingerprint density at radius 2 is 0.964 bits per heavy atom. The number of rotatable bonds is 43. The predicted molar refractivity (Wildman–Crippen MR) is 238 cm³/mol. The molecule has 0 radical (unpaired) electrons.